The third kappa shape index (κ3) is 4.36. The first-order valence-electron chi connectivity index (χ1n) is 7.00. The topological polar surface area (TPSA) is 72.2 Å². The van der Waals surface area contributed by atoms with Crippen molar-refractivity contribution in [3.05, 3.63) is 28.8 Å². The predicted molar refractivity (Wildman–Crippen MR) is 89.2 cm³/mol. The first-order valence-corrected chi connectivity index (χ1v) is 10.1. The molecule has 7 heteroatoms. The third-order valence-corrected chi connectivity index (χ3v) is 6.80. The van der Waals surface area contributed by atoms with E-state index in [1.165, 1.54) is 6.07 Å². The Kier molecular flexibility index (Phi) is 5.96. The Morgan fingerprint density at radius 3 is 2.81 bits per heavy atom. The summed E-state index contributed by atoms with van der Waals surface area (Å²) in [7, 11) is -3.52. The van der Waals surface area contributed by atoms with Crippen molar-refractivity contribution >= 4 is 33.4 Å². The minimum atomic E-state index is -3.52. The summed E-state index contributed by atoms with van der Waals surface area (Å²) in [5.74, 6) is 0. The van der Waals surface area contributed by atoms with Crippen molar-refractivity contribution in [1.29, 1.82) is 0 Å². The van der Waals surface area contributed by atoms with Gasteiger partial charge in [0.25, 0.3) is 0 Å². The largest absolute Gasteiger partial charge is 0.326 e. The number of nitrogens with one attached hydrogen (secondary N) is 1. The summed E-state index contributed by atoms with van der Waals surface area (Å²) in [6, 6.07) is 4.71. The monoisotopic (exact) mass is 348 g/mol. The number of benzene rings is 1. The molecule has 1 saturated carbocycles. The van der Waals surface area contributed by atoms with Crippen molar-refractivity contribution in [3.63, 3.8) is 0 Å². The van der Waals surface area contributed by atoms with Crippen molar-refractivity contribution < 1.29 is 8.42 Å². The van der Waals surface area contributed by atoms with E-state index in [1.807, 2.05) is 11.8 Å². The molecule has 118 valence electrons. The lowest BCUT2D eigenvalue weighted by atomic mass is 9.96. The van der Waals surface area contributed by atoms with E-state index < -0.39 is 10.0 Å². The molecule has 0 aromatic heterocycles. The molecular weight excluding hydrogens is 328 g/mol. The van der Waals surface area contributed by atoms with Gasteiger partial charge in [-0.2, -0.15) is 11.8 Å². The molecule has 0 aliphatic heterocycles. The van der Waals surface area contributed by atoms with E-state index in [2.05, 4.69) is 11.0 Å². The Labute approximate surface area is 135 Å². The van der Waals surface area contributed by atoms with E-state index in [1.54, 1.807) is 12.1 Å². The van der Waals surface area contributed by atoms with E-state index in [4.69, 9.17) is 17.3 Å². The molecule has 4 nitrogen and oxygen atoms in total. The maximum atomic E-state index is 12.4. The van der Waals surface area contributed by atoms with E-state index in [0.717, 1.165) is 31.2 Å². The van der Waals surface area contributed by atoms with E-state index in [9.17, 15) is 8.42 Å². The fourth-order valence-corrected chi connectivity index (χ4v) is 5.07. The van der Waals surface area contributed by atoms with Gasteiger partial charge < -0.3 is 5.73 Å². The Hall–Kier alpha value is -0.270. The number of nitrogens with two attached hydrogens (primary N) is 1. The van der Waals surface area contributed by atoms with Crippen LogP contribution in [0.25, 0.3) is 0 Å². The molecule has 0 saturated heterocycles. The fraction of sp³-hybridized carbons (Fsp3) is 0.571. The fourth-order valence-electron chi connectivity index (χ4n) is 2.61. The summed E-state index contributed by atoms with van der Waals surface area (Å²) < 4.78 is 27.7. The zero-order valence-electron chi connectivity index (χ0n) is 12.0. The van der Waals surface area contributed by atoms with Crippen molar-refractivity contribution in [3.8, 4) is 0 Å². The highest BCUT2D eigenvalue weighted by Crippen LogP contribution is 2.28. The van der Waals surface area contributed by atoms with Crippen LogP contribution in [0.4, 0.5) is 0 Å². The lowest BCUT2D eigenvalue weighted by Crippen LogP contribution is -2.39. The van der Waals surface area contributed by atoms with Crippen molar-refractivity contribution in [2.45, 2.75) is 48.4 Å². The summed E-state index contributed by atoms with van der Waals surface area (Å²) in [4.78, 5) is 0.205. The zero-order chi connectivity index (χ0) is 15.5. The molecule has 2 atom stereocenters. The van der Waals surface area contributed by atoms with E-state index >= 15 is 0 Å². The second-order valence-electron chi connectivity index (χ2n) is 5.30. The molecule has 2 rings (SSSR count). The van der Waals surface area contributed by atoms with Gasteiger partial charge in [-0.25, -0.2) is 13.1 Å². The van der Waals surface area contributed by atoms with E-state index in [-0.39, 0.29) is 10.9 Å². The quantitative estimate of drug-likeness (QED) is 0.858. The standard InChI is InChI=1S/C14H21ClN2O2S2/c1-20-12-4-2-3-11(7-12)17-21(18,19)13-6-5-10(9-16)14(15)8-13/h5-6,8,11-12,17H,2-4,7,9,16H2,1H3. The maximum Gasteiger partial charge on any atom is 0.240 e. The number of rotatable bonds is 5. The molecule has 2 unspecified atom stereocenters. The van der Waals surface area contributed by atoms with Gasteiger partial charge in [-0.3, -0.25) is 0 Å². The second-order valence-corrected chi connectivity index (χ2v) is 8.56. The summed E-state index contributed by atoms with van der Waals surface area (Å²) >= 11 is 7.86. The van der Waals surface area contributed by atoms with Crippen LogP contribution in [-0.4, -0.2) is 26.0 Å². The molecule has 3 N–H and O–H groups in total. The smallest absolute Gasteiger partial charge is 0.240 e. The number of sulfonamides is 1. The molecule has 1 aromatic carbocycles. The van der Waals surface area contributed by atoms with Crippen LogP contribution >= 0.6 is 23.4 Å². The summed E-state index contributed by atoms with van der Waals surface area (Å²) in [6.45, 7) is 0.296. The average molecular weight is 349 g/mol. The van der Waals surface area contributed by atoms with Crippen LogP contribution in [0.3, 0.4) is 0 Å². The number of hydrogen-bond acceptors (Lipinski definition) is 4. The lowest BCUT2D eigenvalue weighted by Gasteiger charge is -2.28. The van der Waals surface area contributed by atoms with Crippen LogP contribution in [0.5, 0.6) is 0 Å². The third-order valence-electron chi connectivity index (χ3n) is 3.84. The van der Waals surface area contributed by atoms with Gasteiger partial charge >= 0.3 is 0 Å². The Morgan fingerprint density at radius 1 is 1.43 bits per heavy atom. The Bertz CT molecular complexity index is 593. The summed E-state index contributed by atoms with van der Waals surface area (Å²) in [5.41, 5.74) is 6.28. The first-order chi connectivity index (χ1) is 9.96. The van der Waals surface area contributed by atoms with Gasteiger partial charge in [0.05, 0.1) is 4.90 Å². The molecule has 1 aromatic rings. The molecule has 0 spiro atoms. The van der Waals surface area contributed by atoms with E-state index in [0.29, 0.717) is 16.8 Å². The minimum absolute atomic E-state index is 0.00848. The molecule has 0 amide bonds. The highest BCUT2D eigenvalue weighted by atomic mass is 35.5. The number of hydrogen-bond donors (Lipinski definition) is 2. The number of halogens is 1. The molecule has 1 fully saturated rings. The first kappa shape index (κ1) is 17.1. The maximum absolute atomic E-state index is 12.4. The van der Waals surface area contributed by atoms with Crippen molar-refractivity contribution in [1.82, 2.24) is 4.72 Å². The highest BCUT2D eigenvalue weighted by molar-refractivity contribution is 7.99. The van der Waals surface area contributed by atoms with Crippen LogP contribution in [0, 0.1) is 0 Å². The van der Waals surface area contributed by atoms with Crippen molar-refractivity contribution in [2.75, 3.05) is 6.26 Å². The van der Waals surface area contributed by atoms with Crippen LogP contribution in [0.15, 0.2) is 23.1 Å². The Balaban J connectivity index is 2.13. The van der Waals surface area contributed by atoms with Gasteiger partial charge in [0.15, 0.2) is 0 Å². The van der Waals surface area contributed by atoms with Crippen molar-refractivity contribution in [2.24, 2.45) is 5.73 Å². The lowest BCUT2D eigenvalue weighted by molar-refractivity contribution is 0.421. The normalized spacial score (nSPS) is 23.2. The average Bonchev–Trinajstić information content (AvgIpc) is 2.47. The Morgan fingerprint density at radius 2 is 2.19 bits per heavy atom. The van der Waals surface area contributed by atoms with Gasteiger partial charge in [-0.15, -0.1) is 0 Å². The van der Waals surface area contributed by atoms with Gasteiger partial charge in [0.1, 0.15) is 0 Å². The summed E-state index contributed by atoms with van der Waals surface area (Å²) in [5, 5.41) is 0.931. The van der Waals surface area contributed by atoms with Crippen LogP contribution in [-0.2, 0) is 16.6 Å². The van der Waals surface area contributed by atoms with Crippen LogP contribution in [0.1, 0.15) is 31.2 Å². The van der Waals surface area contributed by atoms with Crippen LogP contribution in [0.2, 0.25) is 5.02 Å². The molecule has 0 radical (unpaired) electrons. The molecule has 1 aliphatic carbocycles. The van der Waals surface area contributed by atoms with Crippen LogP contribution < -0.4 is 10.5 Å². The molecule has 21 heavy (non-hydrogen) atoms. The van der Waals surface area contributed by atoms with Gasteiger partial charge in [0, 0.05) is 22.9 Å². The second kappa shape index (κ2) is 7.33. The highest BCUT2D eigenvalue weighted by Gasteiger charge is 2.26. The minimum Gasteiger partial charge on any atom is -0.326 e. The predicted octanol–water partition coefficient (Wildman–Crippen LogP) is 2.75. The summed E-state index contributed by atoms with van der Waals surface area (Å²) in [6.07, 6.45) is 6.08. The molecular formula is C14H21ClN2O2S2. The van der Waals surface area contributed by atoms with Gasteiger partial charge in [-0.05, 0) is 43.2 Å². The molecule has 1 aliphatic rings. The SMILES string of the molecule is CSC1CCCC(NS(=O)(=O)c2ccc(CN)c(Cl)c2)C1. The zero-order valence-corrected chi connectivity index (χ0v) is 14.4. The molecule has 0 heterocycles. The number of thioether (sulfide) groups is 1. The van der Waals surface area contributed by atoms with Gasteiger partial charge in [0.2, 0.25) is 10.0 Å². The molecule has 0 bridgehead atoms. The van der Waals surface area contributed by atoms with Gasteiger partial charge in [-0.1, -0.05) is 24.1 Å².